The Morgan fingerprint density at radius 3 is 2.40 bits per heavy atom. The van der Waals surface area contributed by atoms with Crippen molar-refractivity contribution in [1.29, 1.82) is 0 Å². The molecule has 0 saturated carbocycles. The van der Waals surface area contributed by atoms with Gasteiger partial charge in [0.2, 0.25) is 0 Å². The second kappa shape index (κ2) is 7.72. The maximum atomic E-state index is 10.6. The van der Waals surface area contributed by atoms with Crippen molar-refractivity contribution < 1.29 is 5.11 Å². The van der Waals surface area contributed by atoms with Crippen LogP contribution in [0.25, 0.3) is 0 Å². The van der Waals surface area contributed by atoms with E-state index in [1.807, 2.05) is 0 Å². The second-order valence-electron chi connectivity index (χ2n) is 7.84. The zero-order valence-corrected chi connectivity index (χ0v) is 15.0. The van der Waals surface area contributed by atoms with E-state index < -0.39 is 0 Å². The summed E-state index contributed by atoms with van der Waals surface area (Å²) < 4.78 is 0. The van der Waals surface area contributed by atoms with Crippen LogP contribution in [0.4, 0.5) is 0 Å². The fourth-order valence-electron chi connectivity index (χ4n) is 4.71. The highest BCUT2D eigenvalue weighted by Crippen LogP contribution is 2.34. The predicted molar refractivity (Wildman–Crippen MR) is 103 cm³/mol. The highest BCUT2D eigenvalue weighted by Gasteiger charge is 2.26. The molecule has 2 nitrogen and oxygen atoms in total. The molecule has 1 saturated heterocycles. The van der Waals surface area contributed by atoms with Gasteiger partial charge in [-0.15, -0.1) is 0 Å². The van der Waals surface area contributed by atoms with Gasteiger partial charge < -0.3 is 10.0 Å². The van der Waals surface area contributed by atoms with Gasteiger partial charge in [-0.2, -0.15) is 0 Å². The number of benzene rings is 2. The monoisotopic (exact) mass is 335 g/mol. The summed E-state index contributed by atoms with van der Waals surface area (Å²) >= 11 is 0. The first kappa shape index (κ1) is 16.8. The Kier molecular flexibility index (Phi) is 5.19. The van der Waals surface area contributed by atoms with Crippen molar-refractivity contribution in [2.45, 2.75) is 44.1 Å². The fraction of sp³-hybridized carbons (Fsp3) is 0.478. The lowest BCUT2D eigenvalue weighted by Gasteiger charge is -2.34. The largest absolute Gasteiger partial charge is 0.388 e. The number of aryl methyl sites for hydroxylation is 1. The van der Waals surface area contributed by atoms with Gasteiger partial charge in [-0.1, -0.05) is 54.6 Å². The Morgan fingerprint density at radius 1 is 0.880 bits per heavy atom. The van der Waals surface area contributed by atoms with E-state index in [0.717, 1.165) is 30.9 Å². The van der Waals surface area contributed by atoms with E-state index in [1.165, 1.54) is 43.5 Å². The average Bonchev–Trinajstić information content (AvgIpc) is 2.82. The molecule has 0 radical (unpaired) electrons. The zero-order valence-electron chi connectivity index (χ0n) is 15.0. The molecule has 2 unspecified atom stereocenters. The molecule has 0 spiro atoms. The molecule has 2 heteroatoms. The van der Waals surface area contributed by atoms with Crippen molar-refractivity contribution in [2.75, 3.05) is 19.6 Å². The van der Waals surface area contributed by atoms with Crippen LogP contribution in [0.15, 0.2) is 54.6 Å². The van der Waals surface area contributed by atoms with Gasteiger partial charge in [0.15, 0.2) is 0 Å². The predicted octanol–water partition coefficient (Wildman–Crippen LogP) is 4.55. The molecule has 1 heterocycles. The van der Waals surface area contributed by atoms with Gasteiger partial charge in [0, 0.05) is 6.54 Å². The minimum Gasteiger partial charge on any atom is -0.388 e. The van der Waals surface area contributed by atoms with Gasteiger partial charge in [0.25, 0.3) is 0 Å². The van der Waals surface area contributed by atoms with Crippen molar-refractivity contribution >= 4 is 0 Å². The van der Waals surface area contributed by atoms with Crippen molar-refractivity contribution in [3.63, 3.8) is 0 Å². The van der Waals surface area contributed by atoms with Gasteiger partial charge in [0.1, 0.15) is 0 Å². The lowest BCUT2D eigenvalue weighted by molar-refractivity contribution is 0.117. The molecule has 2 aliphatic rings. The van der Waals surface area contributed by atoms with Crippen LogP contribution in [-0.2, 0) is 6.42 Å². The number of rotatable bonds is 3. The van der Waals surface area contributed by atoms with Crippen molar-refractivity contribution in [1.82, 2.24) is 4.90 Å². The molecular weight excluding hydrogens is 306 g/mol. The smallest absolute Gasteiger partial charge is 0.0795 e. The van der Waals surface area contributed by atoms with E-state index in [0.29, 0.717) is 5.92 Å². The van der Waals surface area contributed by atoms with Crippen LogP contribution in [0.5, 0.6) is 0 Å². The second-order valence-corrected chi connectivity index (χ2v) is 7.84. The van der Waals surface area contributed by atoms with Gasteiger partial charge >= 0.3 is 0 Å². The number of fused-ring (bicyclic) bond motifs is 1. The zero-order chi connectivity index (χ0) is 17.1. The Morgan fingerprint density at radius 2 is 1.60 bits per heavy atom. The molecule has 1 aliphatic heterocycles. The van der Waals surface area contributed by atoms with E-state index in [1.54, 1.807) is 0 Å². The number of nitrogens with zero attached hydrogens (tertiary/aromatic N) is 1. The molecule has 25 heavy (non-hydrogen) atoms. The molecule has 2 aromatic carbocycles. The number of aliphatic hydroxyl groups excluding tert-OH is 1. The first-order valence-corrected chi connectivity index (χ1v) is 9.83. The third-order valence-corrected chi connectivity index (χ3v) is 6.17. The van der Waals surface area contributed by atoms with Crippen LogP contribution >= 0.6 is 0 Å². The van der Waals surface area contributed by atoms with Crippen LogP contribution in [0.2, 0.25) is 0 Å². The molecule has 4 rings (SSSR count). The quantitative estimate of drug-likeness (QED) is 0.832. The number of hydrogen-bond acceptors (Lipinski definition) is 2. The first-order chi connectivity index (χ1) is 12.3. The molecule has 2 aromatic rings. The standard InChI is InChI=1S/C23H29NO/c25-23-16-18(10-11-21-8-4-5-9-22(21)23)17-24-14-12-20(13-15-24)19-6-2-1-3-7-19/h1-9,18,20,23,25H,10-17H2. The molecule has 0 amide bonds. The van der Waals surface area contributed by atoms with E-state index in [4.69, 9.17) is 0 Å². The van der Waals surface area contributed by atoms with E-state index in [2.05, 4.69) is 59.5 Å². The normalized spacial score (nSPS) is 25.3. The van der Waals surface area contributed by atoms with Gasteiger partial charge in [-0.05, 0) is 73.7 Å². The van der Waals surface area contributed by atoms with E-state index >= 15 is 0 Å². The molecule has 2 atom stereocenters. The average molecular weight is 335 g/mol. The molecule has 1 aliphatic carbocycles. The summed E-state index contributed by atoms with van der Waals surface area (Å²) in [4.78, 5) is 2.63. The summed E-state index contributed by atoms with van der Waals surface area (Å²) in [5, 5.41) is 10.6. The Hall–Kier alpha value is -1.64. The number of aliphatic hydroxyl groups is 1. The topological polar surface area (TPSA) is 23.5 Å². The van der Waals surface area contributed by atoms with Crippen LogP contribution in [0.1, 0.15) is 54.4 Å². The molecule has 0 bridgehead atoms. The maximum Gasteiger partial charge on any atom is 0.0795 e. The highest BCUT2D eigenvalue weighted by atomic mass is 16.3. The van der Waals surface area contributed by atoms with Gasteiger partial charge in [-0.3, -0.25) is 0 Å². The Balaban J connectivity index is 1.32. The number of piperidine rings is 1. The summed E-state index contributed by atoms with van der Waals surface area (Å²) in [5.41, 5.74) is 4.01. The van der Waals surface area contributed by atoms with E-state index in [9.17, 15) is 5.11 Å². The molecule has 0 aromatic heterocycles. The Labute approximate surface area is 151 Å². The molecule has 1 N–H and O–H groups in total. The van der Waals surface area contributed by atoms with Gasteiger partial charge in [-0.25, -0.2) is 0 Å². The summed E-state index contributed by atoms with van der Waals surface area (Å²) in [5.74, 6) is 1.33. The highest BCUT2D eigenvalue weighted by molar-refractivity contribution is 5.30. The summed E-state index contributed by atoms with van der Waals surface area (Å²) in [6.45, 7) is 3.53. The van der Waals surface area contributed by atoms with Crippen molar-refractivity contribution in [3.8, 4) is 0 Å². The van der Waals surface area contributed by atoms with Crippen molar-refractivity contribution in [3.05, 3.63) is 71.3 Å². The summed E-state index contributed by atoms with van der Waals surface area (Å²) in [7, 11) is 0. The first-order valence-electron chi connectivity index (χ1n) is 9.83. The maximum absolute atomic E-state index is 10.6. The lowest BCUT2D eigenvalue weighted by Crippen LogP contribution is -2.36. The Bertz CT molecular complexity index is 676. The molecule has 132 valence electrons. The van der Waals surface area contributed by atoms with Crippen molar-refractivity contribution in [2.24, 2.45) is 5.92 Å². The minimum atomic E-state index is -0.287. The van der Waals surface area contributed by atoms with Gasteiger partial charge in [0.05, 0.1) is 6.10 Å². The lowest BCUT2D eigenvalue weighted by atomic mass is 9.88. The fourth-order valence-corrected chi connectivity index (χ4v) is 4.71. The molecule has 1 fully saturated rings. The number of likely N-dealkylation sites (tertiary alicyclic amines) is 1. The third-order valence-electron chi connectivity index (χ3n) is 6.17. The summed E-state index contributed by atoms with van der Waals surface area (Å²) in [6, 6.07) is 19.4. The molecular formula is C23H29NO. The minimum absolute atomic E-state index is 0.287. The van der Waals surface area contributed by atoms with Crippen LogP contribution in [0.3, 0.4) is 0 Å². The SMILES string of the molecule is OC1CC(CN2CCC(c3ccccc3)CC2)CCc2ccccc21. The summed E-state index contributed by atoms with van der Waals surface area (Å²) in [6.07, 6.45) is 5.46. The van der Waals surface area contributed by atoms with Crippen LogP contribution < -0.4 is 0 Å². The van der Waals surface area contributed by atoms with E-state index in [-0.39, 0.29) is 6.10 Å². The number of hydrogen-bond donors (Lipinski definition) is 1. The van der Waals surface area contributed by atoms with Crippen LogP contribution in [-0.4, -0.2) is 29.6 Å². The third kappa shape index (κ3) is 3.96. The van der Waals surface area contributed by atoms with Crippen LogP contribution in [0, 0.1) is 5.92 Å².